The molecule has 1 heterocycles. The number of anilines is 1. The maximum atomic E-state index is 12.4. The SMILES string of the molecule is CCn1c(SCC(=O)Nc2cccc(C)c2C)nnc1C(C)Oc1ccccc1Cl. The zero-order valence-electron chi connectivity index (χ0n) is 17.5. The van der Waals surface area contributed by atoms with Crippen molar-refractivity contribution in [3.05, 3.63) is 64.4 Å². The summed E-state index contributed by atoms with van der Waals surface area (Å²) in [6.45, 7) is 8.60. The summed E-state index contributed by atoms with van der Waals surface area (Å²) < 4.78 is 7.93. The molecule has 0 spiro atoms. The Morgan fingerprint density at radius 3 is 2.70 bits per heavy atom. The topological polar surface area (TPSA) is 69.0 Å². The number of aryl methyl sites for hydroxylation is 1. The number of rotatable bonds is 8. The summed E-state index contributed by atoms with van der Waals surface area (Å²) >= 11 is 7.54. The monoisotopic (exact) mass is 444 g/mol. The molecule has 0 saturated heterocycles. The molecule has 3 aromatic rings. The molecule has 3 rings (SSSR count). The van der Waals surface area contributed by atoms with Crippen molar-refractivity contribution in [2.75, 3.05) is 11.1 Å². The van der Waals surface area contributed by atoms with Gasteiger partial charge >= 0.3 is 0 Å². The van der Waals surface area contributed by atoms with Crippen LogP contribution >= 0.6 is 23.4 Å². The van der Waals surface area contributed by atoms with E-state index in [9.17, 15) is 4.79 Å². The number of hydrogen-bond acceptors (Lipinski definition) is 5. The van der Waals surface area contributed by atoms with Crippen molar-refractivity contribution < 1.29 is 9.53 Å². The van der Waals surface area contributed by atoms with Crippen molar-refractivity contribution >= 4 is 35.0 Å². The summed E-state index contributed by atoms with van der Waals surface area (Å²) in [5.74, 6) is 1.45. The number of carbonyl (C=O) groups excluding carboxylic acids is 1. The van der Waals surface area contributed by atoms with Gasteiger partial charge in [0.2, 0.25) is 5.91 Å². The Morgan fingerprint density at radius 1 is 1.20 bits per heavy atom. The molecule has 6 nitrogen and oxygen atoms in total. The third-order valence-electron chi connectivity index (χ3n) is 4.78. The van der Waals surface area contributed by atoms with Gasteiger partial charge in [0, 0.05) is 12.2 Å². The first-order valence-electron chi connectivity index (χ1n) is 9.73. The van der Waals surface area contributed by atoms with Gasteiger partial charge in [-0.25, -0.2) is 0 Å². The Hall–Kier alpha value is -2.51. The van der Waals surface area contributed by atoms with E-state index in [1.54, 1.807) is 6.07 Å². The number of thioether (sulfide) groups is 1. The molecule has 30 heavy (non-hydrogen) atoms. The number of amides is 1. The summed E-state index contributed by atoms with van der Waals surface area (Å²) in [5.41, 5.74) is 3.05. The van der Waals surface area contributed by atoms with E-state index in [4.69, 9.17) is 16.3 Å². The quantitative estimate of drug-likeness (QED) is 0.468. The van der Waals surface area contributed by atoms with Gasteiger partial charge in [0.15, 0.2) is 17.1 Å². The van der Waals surface area contributed by atoms with Crippen molar-refractivity contribution in [1.82, 2.24) is 14.8 Å². The summed E-state index contributed by atoms with van der Waals surface area (Å²) in [5, 5.41) is 12.8. The summed E-state index contributed by atoms with van der Waals surface area (Å²) in [4.78, 5) is 12.4. The Bertz CT molecular complexity index is 1040. The highest BCUT2D eigenvalue weighted by Crippen LogP contribution is 2.29. The van der Waals surface area contributed by atoms with Crippen LogP contribution in [0, 0.1) is 13.8 Å². The smallest absolute Gasteiger partial charge is 0.234 e. The van der Waals surface area contributed by atoms with Crippen LogP contribution in [0.2, 0.25) is 5.02 Å². The van der Waals surface area contributed by atoms with Gasteiger partial charge in [0.05, 0.1) is 10.8 Å². The molecule has 0 saturated carbocycles. The number of nitrogens with zero attached hydrogens (tertiary/aromatic N) is 3. The minimum absolute atomic E-state index is 0.0822. The maximum Gasteiger partial charge on any atom is 0.234 e. The molecule has 0 bridgehead atoms. The average molecular weight is 445 g/mol. The fourth-order valence-electron chi connectivity index (χ4n) is 2.99. The predicted octanol–water partition coefficient (Wildman–Crippen LogP) is 5.44. The van der Waals surface area contributed by atoms with Gasteiger partial charge in [-0.3, -0.25) is 4.79 Å². The molecule has 1 atom stereocenters. The Labute approximate surface area is 186 Å². The first kappa shape index (κ1) is 22.2. The number of para-hydroxylation sites is 1. The number of carbonyl (C=O) groups is 1. The predicted molar refractivity (Wildman–Crippen MR) is 121 cm³/mol. The molecule has 158 valence electrons. The zero-order chi connectivity index (χ0) is 21.7. The zero-order valence-corrected chi connectivity index (χ0v) is 19.0. The Morgan fingerprint density at radius 2 is 1.97 bits per heavy atom. The van der Waals surface area contributed by atoms with Crippen LogP contribution in [0.5, 0.6) is 5.75 Å². The van der Waals surface area contributed by atoms with Crippen LogP contribution in [-0.2, 0) is 11.3 Å². The Balaban J connectivity index is 1.66. The second kappa shape index (κ2) is 10.00. The lowest BCUT2D eigenvalue weighted by molar-refractivity contribution is -0.113. The molecule has 8 heteroatoms. The third kappa shape index (κ3) is 5.15. The number of ether oxygens (including phenoxy) is 1. The summed E-state index contributed by atoms with van der Waals surface area (Å²) in [6.07, 6.45) is -0.338. The average Bonchev–Trinajstić information content (AvgIpc) is 3.14. The fourth-order valence-corrected chi connectivity index (χ4v) is 3.98. The van der Waals surface area contributed by atoms with E-state index in [1.165, 1.54) is 11.8 Å². The van der Waals surface area contributed by atoms with E-state index in [-0.39, 0.29) is 17.8 Å². The highest BCUT2D eigenvalue weighted by molar-refractivity contribution is 7.99. The third-order valence-corrected chi connectivity index (χ3v) is 6.06. The fraction of sp³-hybridized carbons (Fsp3) is 0.318. The molecule has 1 amide bonds. The van der Waals surface area contributed by atoms with Crippen molar-refractivity contribution in [2.45, 2.75) is 45.5 Å². The second-order valence-electron chi connectivity index (χ2n) is 6.86. The number of hydrogen-bond donors (Lipinski definition) is 1. The van der Waals surface area contributed by atoms with E-state index in [0.29, 0.717) is 28.3 Å². The Kier molecular flexibility index (Phi) is 7.39. The highest BCUT2D eigenvalue weighted by atomic mass is 35.5. The van der Waals surface area contributed by atoms with Gasteiger partial charge < -0.3 is 14.6 Å². The molecule has 1 N–H and O–H groups in total. The van der Waals surface area contributed by atoms with E-state index >= 15 is 0 Å². The summed E-state index contributed by atoms with van der Waals surface area (Å²) in [6, 6.07) is 13.2. The molecular formula is C22H25ClN4O2S. The maximum absolute atomic E-state index is 12.4. The van der Waals surface area contributed by atoms with Gasteiger partial charge in [0.25, 0.3) is 0 Å². The van der Waals surface area contributed by atoms with E-state index < -0.39 is 0 Å². The molecule has 2 aromatic carbocycles. The normalized spacial score (nSPS) is 11.9. The minimum Gasteiger partial charge on any atom is -0.481 e. The molecule has 0 aliphatic heterocycles. The molecule has 1 unspecified atom stereocenters. The van der Waals surface area contributed by atoms with Crippen LogP contribution in [0.4, 0.5) is 5.69 Å². The van der Waals surface area contributed by atoms with Crippen molar-refractivity contribution in [1.29, 1.82) is 0 Å². The minimum atomic E-state index is -0.338. The molecular weight excluding hydrogens is 420 g/mol. The molecule has 0 fully saturated rings. The van der Waals surface area contributed by atoms with Crippen LogP contribution in [0.15, 0.2) is 47.6 Å². The first-order valence-corrected chi connectivity index (χ1v) is 11.1. The van der Waals surface area contributed by atoms with Crippen molar-refractivity contribution in [3.63, 3.8) is 0 Å². The standard InChI is InChI=1S/C22H25ClN4O2S/c1-5-27-21(16(4)29-19-12-7-6-10-17(19)23)25-26-22(27)30-13-20(28)24-18-11-8-9-14(2)15(18)3/h6-12,16H,5,13H2,1-4H3,(H,24,28). The lowest BCUT2D eigenvalue weighted by Gasteiger charge is -2.16. The molecule has 0 radical (unpaired) electrons. The highest BCUT2D eigenvalue weighted by Gasteiger charge is 2.20. The van der Waals surface area contributed by atoms with Crippen LogP contribution < -0.4 is 10.1 Å². The van der Waals surface area contributed by atoms with Crippen LogP contribution in [0.1, 0.15) is 36.9 Å². The van der Waals surface area contributed by atoms with Gasteiger partial charge in [-0.05, 0) is 57.0 Å². The largest absolute Gasteiger partial charge is 0.481 e. The van der Waals surface area contributed by atoms with Crippen LogP contribution in [0.25, 0.3) is 0 Å². The molecule has 1 aromatic heterocycles. The van der Waals surface area contributed by atoms with E-state index in [1.807, 2.05) is 68.7 Å². The van der Waals surface area contributed by atoms with Crippen molar-refractivity contribution in [2.24, 2.45) is 0 Å². The molecule has 0 aliphatic rings. The first-order chi connectivity index (χ1) is 14.4. The van der Waals surface area contributed by atoms with E-state index in [2.05, 4.69) is 15.5 Å². The number of benzene rings is 2. The van der Waals surface area contributed by atoms with Crippen molar-refractivity contribution in [3.8, 4) is 5.75 Å². The van der Waals surface area contributed by atoms with Gasteiger partial charge in [-0.1, -0.05) is 47.6 Å². The lowest BCUT2D eigenvalue weighted by atomic mass is 10.1. The van der Waals surface area contributed by atoms with Gasteiger partial charge in [-0.2, -0.15) is 0 Å². The summed E-state index contributed by atoms with van der Waals surface area (Å²) in [7, 11) is 0. The number of halogens is 1. The van der Waals surface area contributed by atoms with Gasteiger partial charge in [0.1, 0.15) is 5.75 Å². The lowest BCUT2D eigenvalue weighted by Crippen LogP contribution is -2.16. The van der Waals surface area contributed by atoms with Crippen LogP contribution in [0.3, 0.4) is 0 Å². The van der Waals surface area contributed by atoms with Gasteiger partial charge in [-0.15, -0.1) is 10.2 Å². The number of aromatic nitrogens is 3. The van der Waals surface area contributed by atoms with E-state index in [0.717, 1.165) is 16.8 Å². The second-order valence-corrected chi connectivity index (χ2v) is 8.21. The molecule has 0 aliphatic carbocycles. The number of nitrogens with one attached hydrogen (secondary N) is 1. The van der Waals surface area contributed by atoms with Crippen LogP contribution in [-0.4, -0.2) is 26.4 Å².